The van der Waals surface area contributed by atoms with Crippen LogP contribution in [0.15, 0.2) is 134 Å². The molecule has 4 heterocycles. The van der Waals surface area contributed by atoms with E-state index in [-0.39, 0.29) is 0 Å². The van der Waals surface area contributed by atoms with E-state index in [4.69, 9.17) is 24.9 Å². The van der Waals surface area contributed by atoms with E-state index in [1.807, 2.05) is 73.7 Å². The maximum atomic E-state index is 5.20. The molecule has 0 saturated carbocycles. The Kier molecular flexibility index (Phi) is 6.80. The molecule has 0 atom stereocenters. The number of aryl methyl sites for hydroxylation is 2. The molecule has 0 aliphatic carbocycles. The van der Waals surface area contributed by atoms with E-state index < -0.39 is 0 Å². The van der Waals surface area contributed by atoms with Gasteiger partial charge in [-0.05, 0) is 66.9 Å². The Morgan fingerprint density at radius 3 is 1.80 bits per heavy atom. The molecule has 0 aliphatic heterocycles. The molecule has 8 rings (SSSR count). The molecule has 0 amide bonds. The molecule has 0 bridgehead atoms. The molecule has 0 fully saturated rings. The van der Waals surface area contributed by atoms with Gasteiger partial charge in [-0.1, -0.05) is 91.0 Å². The Bertz CT molecular complexity index is 2330. The highest BCUT2D eigenvalue weighted by molar-refractivity contribution is 6.04. The van der Waals surface area contributed by atoms with Crippen LogP contribution in [0, 0.1) is 13.8 Å². The van der Waals surface area contributed by atoms with Crippen molar-refractivity contribution in [2.75, 3.05) is 0 Å². The molecule has 4 aromatic heterocycles. The van der Waals surface area contributed by atoms with Gasteiger partial charge < -0.3 is 0 Å². The fourth-order valence-electron chi connectivity index (χ4n) is 5.83. The third kappa shape index (κ3) is 5.16. The largest absolute Gasteiger partial charge is 0.253 e. The van der Waals surface area contributed by atoms with Gasteiger partial charge in [0.05, 0.1) is 16.7 Å². The van der Waals surface area contributed by atoms with Crippen molar-refractivity contribution in [1.29, 1.82) is 0 Å². The summed E-state index contributed by atoms with van der Waals surface area (Å²) in [4.78, 5) is 29.1. The highest BCUT2D eigenvalue weighted by Gasteiger charge is 2.15. The van der Waals surface area contributed by atoms with Crippen LogP contribution in [0.25, 0.3) is 78.5 Å². The van der Waals surface area contributed by atoms with Crippen molar-refractivity contribution in [2.24, 2.45) is 0 Å². The minimum Gasteiger partial charge on any atom is -0.253 e. The Hall–Kier alpha value is -6.14. The van der Waals surface area contributed by atoms with Crippen LogP contribution < -0.4 is 0 Å². The fourth-order valence-corrected chi connectivity index (χ4v) is 5.83. The topological polar surface area (TPSA) is 77.3 Å². The van der Waals surface area contributed by atoms with Gasteiger partial charge in [0.2, 0.25) is 0 Å². The van der Waals surface area contributed by atoms with Crippen molar-refractivity contribution in [3.05, 3.63) is 145 Å². The van der Waals surface area contributed by atoms with E-state index in [0.717, 1.165) is 66.6 Å². The van der Waals surface area contributed by atoms with Crippen LogP contribution in [0.3, 0.4) is 0 Å². The summed E-state index contributed by atoms with van der Waals surface area (Å²) in [7, 11) is 0. The minimum absolute atomic E-state index is 0.534. The number of hydrogen-bond donors (Lipinski definition) is 0. The summed E-state index contributed by atoms with van der Waals surface area (Å²) in [6.07, 6.45) is 1.75. The normalized spacial score (nSPS) is 11.3. The lowest BCUT2D eigenvalue weighted by atomic mass is 9.97. The van der Waals surface area contributed by atoms with Gasteiger partial charge in [0.1, 0.15) is 5.69 Å². The van der Waals surface area contributed by atoms with Crippen LogP contribution in [0.4, 0.5) is 0 Å². The highest BCUT2D eigenvalue weighted by Crippen LogP contribution is 2.33. The monoisotopic (exact) mass is 592 g/mol. The van der Waals surface area contributed by atoms with Crippen molar-refractivity contribution in [2.45, 2.75) is 13.8 Å². The van der Waals surface area contributed by atoms with E-state index in [1.54, 1.807) is 6.20 Å². The predicted molar refractivity (Wildman–Crippen MR) is 185 cm³/mol. The average molecular weight is 593 g/mol. The number of nitrogens with zero attached hydrogens (tertiary/aromatic N) is 6. The summed E-state index contributed by atoms with van der Waals surface area (Å²) in [5, 5.41) is 2.18. The maximum absolute atomic E-state index is 5.20. The van der Waals surface area contributed by atoms with E-state index in [1.165, 1.54) is 0 Å². The molecule has 6 heteroatoms. The number of benzene rings is 4. The standard InChI is InChI=1S/C40H28N6/c1-25-22-32-20-19-27-18-17-26(2)42-36(27)37(32)43-35(25)31-14-8-12-29(23-31)30-13-9-15-33(24-30)39-44-38(28-10-4-3-5-11-28)45-40(46-39)34-16-6-7-21-41-34/h3-24H,1-2H3. The van der Waals surface area contributed by atoms with Gasteiger partial charge in [0.15, 0.2) is 17.5 Å². The van der Waals surface area contributed by atoms with E-state index >= 15 is 0 Å². The molecule has 0 unspecified atom stereocenters. The molecule has 4 aromatic carbocycles. The lowest BCUT2D eigenvalue weighted by molar-refractivity contribution is 1.06. The number of hydrogen-bond acceptors (Lipinski definition) is 6. The molecule has 0 N–H and O–H groups in total. The Morgan fingerprint density at radius 2 is 1.02 bits per heavy atom. The quantitative estimate of drug-likeness (QED) is 0.185. The smallest absolute Gasteiger partial charge is 0.182 e. The first-order valence-electron chi connectivity index (χ1n) is 15.2. The third-order valence-electron chi connectivity index (χ3n) is 8.13. The first-order valence-corrected chi connectivity index (χ1v) is 15.2. The first-order chi connectivity index (χ1) is 22.6. The molecule has 0 radical (unpaired) electrons. The van der Waals surface area contributed by atoms with Crippen LogP contribution in [-0.2, 0) is 0 Å². The minimum atomic E-state index is 0.534. The van der Waals surface area contributed by atoms with Crippen LogP contribution in [0.2, 0.25) is 0 Å². The van der Waals surface area contributed by atoms with Crippen LogP contribution in [-0.4, -0.2) is 29.9 Å². The van der Waals surface area contributed by atoms with E-state index in [9.17, 15) is 0 Å². The number of fused-ring (bicyclic) bond motifs is 3. The highest BCUT2D eigenvalue weighted by atomic mass is 15.0. The zero-order valence-corrected chi connectivity index (χ0v) is 25.4. The molecule has 218 valence electrons. The van der Waals surface area contributed by atoms with Gasteiger partial charge in [-0.15, -0.1) is 0 Å². The zero-order valence-electron chi connectivity index (χ0n) is 25.4. The van der Waals surface area contributed by atoms with Gasteiger partial charge in [-0.2, -0.15) is 0 Å². The average Bonchev–Trinajstić information content (AvgIpc) is 3.12. The van der Waals surface area contributed by atoms with Gasteiger partial charge in [-0.25, -0.2) is 19.9 Å². The molecule has 0 spiro atoms. The second-order valence-electron chi connectivity index (χ2n) is 11.4. The molecule has 6 nitrogen and oxygen atoms in total. The lowest BCUT2D eigenvalue weighted by Crippen LogP contribution is -2.01. The lowest BCUT2D eigenvalue weighted by Gasteiger charge is -2.12. The second kappa shape index (κ2) is 11.4. The van der Waals surface area contributed by atoms with Crippen molar-refractivity contribution in [3.8, 4) is 56.7 Å². The SMILES string of the molecule is Cc1ccc2ccc3cc(C)c(-c4cccc(-c5cccc(-c6nc(-c7ccccc7)nc(-c7ccccn7)n6)c5)c4)nc3c2n1. The molecule has 0 saturated heterocycles. The van der Waals surface area contributed by atoms with Crippen molar-refractivity contribution >= 4 is 21.8 Å². The summed E-state index contributed by atoms with van der Waals surface area (Å²) in [6.45, 7) is 4.14. The molecular weight excluding hydrogens is 564 g/mol. The van der Waals surface area contributed by atoms with E-state index in [0.29, 0.717) is 23.2 Å². The zero-order chi connectivity index (χ0) is 31.0. The van der Waals surface area contributed by atoms with Gasteiger partial charge in [-0.3, -0.25) is 9.97 Å². The van der Waals surface area contributed by atoms with Gasteiger partial charge in [0, 0.05) is 39.4 Å². The summed E-state index contributed by atoms with van der Waals surface area (Å²) in [5.41, 5.74) is 10.6. The Morgan fingerprint density at radius 1 is 0.413 bits per heavy atom. The predicted octanol–water partition coefficient (Wildman–Crippen LogP) is 9.31. The van der Waals surface area contributed by atoms with Crippen LogP contribution >= 0.6 is 0 Å². The van der Waals surface area contributed by atoms with Crippen molar-refractivity contribution < 1.29 is 0 Å². The van der Waals surface area contributed by atoms with Crippen LogP contribution in [0.1, 0.15) is 11.3 Å². The second-order valence-corrected chi connectivity index (χ2v) is 11.4. The summed E-state index contributed by atoms with van der Waals surface area (Å²) in [6, 6.07) is 43.2. The van der Waals surface area contributed by atoms with Gasteiger partial charge >= 0.3 is 0 Å². The number of aromatic nitrogens is 6. The number of rotatable bonds is 5. The van der Waals surface area contributed by atoms with Gasteiger partial charge in [0.25, 0.3) is 0 Å². The molecule has 46 heavy (non-hydrogen) atoms. The Balaban J connectivity index is 1.22. The molecule has 8 aromatic rings. The molecular formula is C40H28N6. The summed E-state index contributed by atoms with van der Waals surface area (Å²) >= 11 is 0. The fraction of sp³-hybridized carbons (Fsp3) is 0.0500. The maximum Gasteiger partial charge on any atom is 0.182 e. The first kappa shape index (κ1) is 27.4. The van der Waals surface area contributed by atoms with Crippen molar-refractivity contribution in [3.63, 3.8) is 0 Å². The Labute approximate surface area is 266 Å². The summed E-state index contributed by atoms with van der Waals surface area (Å²) < 4.78 is 0. The van der Waals surface area contributed by atoms with Crippen molar-refractivity contribution in [1.82, 2.24) is 29.9 Å². The van der Waals surface area contributed by atoms with E-state index in [2.05, 4.69) is 72.6 Å². The number of pyridine rings is 3. The molecule has 0 aliphatic rings. The van der Waals surface area contributed by atoms with Crippen LogP contribution in [0.5, 0.6) is 0 Å². The third-order valence-corrected chi connectivity index (χ3v) is 8.13. The summed E-state index contributed by atoms with van der Waals surface area (Å²) in [5.74, 6) is 1.73.